The molecule has 3 heterocycles. The smallest absolute Gasteiger partial charge is 0.258 e. The van der Waals surface area contributed by atoms with E-state index in [1.807, 2.05) is 30.3 Å². The van der Waals surface area contributed by atoms with Gasteiger partial charge in [-0.15, -0.1) is 0 Å². The molecule has 3 aromatic rings. The quantitative estimate of drug-likeness (QED) is 0.641. The van der Waals surface area contributed by atoms with Crippen molar-refractivity contribution in [3.63, 3.8) is 0 Å². The summed E-state index contributed by atoms with van der Waals surface area (Å²) in [6, 6.07) is 14.1. The molecule has 1 saturated heterocycles. The molecule has 8 heteroatoms. The van der Waals surface area contributed by atoms with Crippen molar-refractivity contribution in [1.82, 2.24) is 8.87 Å². The lowest BCUT2D eigenvalue weighted by Gasteiger charge is -2.32. The third kappa shape index (κ3) is 3.36. The molecule has 0 amide bonds. The highest BCUT2D eigenvalue weighted by molar-refractivity contribution is 7.89. The van der Waals surface area contributed by atoms with Gasteiger partial charge >= 0.3 is 0 Å². The number of aromatic nitrogens is 1. The Hall–Kier alpha value is -2.84. The Morgan fingerprint density at radius 2 is 1.87 bits per heavy atom. The van der Waals surface area contributed by atoms with Gasteiger partial charge < -0.3 is 14.0 Å². The molecule has 0 unspecified atom stereocenters. The van der Waals surface area contributed by atoms with E-state index in [-0.39, 0.29) is 23.2 Å². The first-order valence-corrected chi connectivity index (χ1v) is 11.4. The molecule has 2 aliphatic heterocycles. The predicted molar refractivity (Wildman–Crippen MR) is 112 cm³/mol. The Kier molecular flexibility index (Phi) is 4.75. The van der Waals surface area contributed by atoms with Gasteiger partial charge in [-0.2, -0.15) is 4.31 Å². The zero-order chi connectivity index (χ0) is 20.7. The molecular formula is C22H22N2O5S. The highest BCUT2D eigenvalue weighted by Crippen LogP contribution is 2.35. The van der Waals surface area contributed by atoms with E-state index in [2.05, 4.69) is 0 Å². The van der Waals surface area contributed by atoms with Crippen LogP contribution < -0.4 is 15.0 Å². The summed E-state index contributed by atoms with van der Waals surface area (Å²) < 4.78 is 40.2. The number of pyridine rings is 1. The summed E-state index contributed by atoms with van der Waals surface area (Å²) in [6.07, 6.45) is 3.44. The lowest BCUT2D eigenvalue weighted by atomic mass is 9.99. The van der Waals surface area contributed by atoms with Crippen LogP contribution in [-0.4, -0.2) is 37.2 Å². The van der Waals surface area contributed by atoms with Crippen LogP contribution in [-0.2, 0) is 16.6 Å². The van der Waals surface area contributed by atoms with Crippen LogP contribution in [0.2, 0.25) is 0 Å². The van der Waals surface area contributed by atoms with E-state index < -0.39 is 10.0 Å². The van der Waals surface area contributed by atoms with Crippen molar-refractivity contribution < 1.29 is 17.9 Å². The summed E-state index contributed by atoms with van der Waals surface area (Å²) in [6.45, 7) is 1.46. The molecule has 2 aromatic carbocycles. The van der Waals surface area contributed by atoms with Gasteiger partial charge in [0.1, 0.15) is 0 Å². The molecule has 0 aliphatic carbocycles. The Morgan fingerprint density at radius 3 is 2.77 bits per heavy atom. The molecule has 0 bridgehead atoms. The summed E-state index contributed by atoms with van der Waals surface area (Å²) in [4.78, 5) is 13.0. The van der Waals surface area contributed by atoms with Crippen LogP contribution in [0.4, 0.5) is 0 Å². The average molecular weight is 426 g/mol. The zero-order valence-electron chi connectivity index (χ0n) is 16.4. The summed E-state index contributed by atoms with van der Waals surface area (Å²) in [5.41, 5.74) is -0.0381. The largest absolute Gasteiger partial charge is 0.454 e. The Morgan fingerprint density at radius 1 is 1.03 bits per heavy atom. The lowest BCUT2D eigenvalue weighted by molar-refractivity contribution is 0.174. The fourth-order valence-electron chi connectivity index (χ4n) is 4.23. The number of benzene rings is 2. The minimum atomic E-state index is -3.64. The van der Waals surface area contributed by atoms with Gasteiger partial charge in [0.05, 0.1) is 4.90 Å². The minimum Gasteiger partial charge on any atom is -0.454 e. The molecule has 0 radical (unpaired) electrons. The monoisotopic (exact) mass is 426 g/mol. The molecule has 1 atom stereocenters. The molecule has 0 N–H and O–H groups in total. The van der Waals surface area contributed by atoms with Crippen LogP contribution in [0.5, 0.6) is 11.5 Å². The average Bonchev–Trinajstić information content (AvgIpc) is 3.24. The van der Waals surface area contributed by atoms with Gasteiger partial charge in [-0.1, -0.05) is 18.2 Å². The number of ether oxygens (including phenoxy) is 2. The summed E-state index contributed by atoms with van der Waals surface area (Å²) in [5.74, 6) is 1.08. The predicted octanol–water partition coefficient (Wildman–Crippen LogP) is 2.83. The van der Waals surface area contributed by atoms with E-state index in [4.69, 9.17) is 9.47 Å². The highest BCUT2D eigenvalue weighted by Gasteiger charge is 2.31. The molecule has 1 aromatic heterocycles. The topological polar surface area (TPSA) is 77.8 Å². The van der Waals surface area contributed by atoms with Crippen LogP contribution >= 0.6 is 0 Å². The summed E-state index contributed by atoms with van der Waals surface area (Å²) >= 11 is 0. The van der Waals surface area contributed by atoms with Crippen LogP contribution in [0.25, 0.3) is 10.8 Å². The van der Waals surface area contributed by atoms with Gasteiger partial charge in [0.25, 0.3) is 5.56 Å². The number of hydrogen-bond acceptors (Lipinski definition) is 5. The molecule has 0 spiro atoms. The van der Waals surface area contributed by atoms with Crippen molar-refractivity contribution in [3.8, 4) is 11.5 Å². The first-order valence-electron chi connectivity index (χ1n) is 10.0. The van der Waals surface area contributed by atoms with Crippen molar-refractivity contribution in [1.29, 1.82) is 0 Å². The number of rotatable bonds is 4. The molecular weight excluding hydrogens is 404 g/mol. The molecule has 7 nitrogen and oxygen atoms in total. The third-order valence-corrected chi connectivity index (χ3v) is 7.67. The fourth-order valence-corrected chi connectivity index (χ4v) is 5.80. The highest BCUT2D eigenvalue weighted by atomic mass is 32.2. The normalized spacial score (nSPS) is 19.3. The number of piperidine rings is 1. The molecule has 1 fully saturated rings. The molecule has 30 heavy (non-hydrogen) atoms. The van der Waals surface area contributed by atoms with Crippen LogP contribution in [0.15, 0.2) is 64.4 Å². The van der Waals surface area contributed by atoms with Crippen molar-refractivity contribution in [3.05, 3.63) is 65.1 Å². The SMILES string of the molecule is O=c1c2ccccc2ccn1C[C@@H]1CCCN(S(=O)(=O)c2ccc3c(c2)OCO3)C1. The second kappa shape index (κ2) is 7.45. The standard InChI is InChI=1S/C22H22N2O5S/c25-22-19-6-2-1-5-17(19)9-11-23(22)13-16-4-3-10-24(14-16)30(26,27)18-7-8-20-21(12-18)29-15-28-20/h1-2,5-9,11-12,16H,3-4,10,13-15H2/t16-/m0/s1. The second-order valence-corrected chi connectivity index (χ2v) is 9.68. The first kappa shape index (κ1) is 19.1. The van der Waals surface area contributed by atoms with Crippen molar-refractivity contribution in [2.24, 2.45) is 5.92 Å². The van der Waals surface area contributed by atoms with Crippen LogP contribution in [0.1, 0.15) is 12.8 Å². The fraction of sp³-hybridized carbons (Fsp3) is 0.318. The van der Waals surface area contributed by atoms with Crippen LogP contribution in [0, 0.1) is 5.92 Å². The molecule has 156 valence electrons. The van der Waals surface area contributed by atoms with E-state index in [1.165, 1.54) is 10.4 Å². The van der Waals surface area contributed by atoms with Gasteiger partial charge in [-0.25, -0.2) is 8.42 Å². The Balaban J connectivity index is 1.37. The second-order valence-electron chi connectivity index (χ2n) is 7.75. The van der Waals surface area contributed by atoms with Crippen molar-refractivity contribution >= 4 is 20.8 Å². The Bertz CT molecular complexity index is 1270. The number of sulfonamides is 1. The molecule has 0 saturated carbocycles. The maximum Gasteiger partial charge on any atom is 0.258 e. The maximum absolute atomic E-state index is 13.2. The number of hydrogen-bond donors (Lipinski definition) is 0. The van der Waals surface area contributed by atoms with Gasteiger partial charge in [0, 0.05) is 37.3 Å². The number of nitrogens with zero attached hydrogens (tertiary/aromatic N) is 2. The summed E-state index contributed by atoms with van der Waals surface area (Å²) in [5, 5.41) is 1.59. The van der Waals surface area contributed by atoms with E-state index >= 15 is 0 Å². The van der Waals surface area contributed by atoms with E-state index in [0.29, 0.717) is 36.5 Å². The van der Waals surface area contributed by atoms with E-state index in [9.17, 15) is 13.2 Å². The molecule has 2 aliphatic rings. The first-order chi connectivity index (χ1) is 14.5. The Labute approximate surface area is 174 Å². The molecule has 5 rings (SSSR count). The maximum atomic E-state index is 13.2. The minimum absolute atomic E-state index is 0.0381. The van der Waals surface area contributed by atoms with E-state index in [0.717, 1.165) is 18.2 Å². The van der Waals surface area contributed by atoms with Gasteiger partial charge in [0.15, 0.2) is 11.5 Å². The van der Waals surface area contributed by atoms with Gasteiger partial charge in [0.2, 0.25) is 16.8 Å². The van der Waals surface area contributed by atoms with Gasteiger partial charge in [-0.3, -0.25) is 4.79 Å². The van der Waals surface area contributed by atoms with Crippen LogP contribution in [0.3, 0.4) is 0 Å². The summed E-state index contributed by atoms with van der Waals surface area (Å²) in [7, 11) is -3.64. The van der Waals surface area contributed by atoms with Crippen molar-refractivity contribution in [2.45, 2.75) is 24.3 Å². The number of fused-ring (bicyclic) bond motifs is 2. The van der Waals surface area contributed by atoms with Gasteiger partial charge in [-0.05, 0) is 48.4 Å². The lowest BCUT2D eigenvalue weighted by Crippen LogP contribution is -2.41. The van der Waals surface area contributed by atoms with E-state index in [1.54, 1.807) is 22.9 Å². The zero-order valence-corrected chi connectivity index (χ0v) is 17.2. The van der Waals surface area contributed by atoms with Crippen molar-refractivity contribution in [2.75, 3.05) is 19.9 Å². The third-order valence-electron chi connectivity index (χ3n) is 5.80.